The summed E-state index contributed by atoms with van der Waals surface area (Å²) in [5, 5.41) is 5.74. The first-order chi connectivity index (χ1) is 18.1. The molecule has 0 saturated carbocycles. The molecule has 0 aliphatic carbocycles. The number of likely N-dealkylation sites (tertiary alicyclic amines) is 1. The van der Waals surface area contributed by atoms with Crippen molar-refractivity contribution in [2.24, 2.45) is 5.92 Å². The fourth-order valence-electron chi connectivity index (χ4n) is 4.60. The number of anilines is 1. The van der Waals surface area contributed by atoms with Gasteiger partial charge in [-0.25, -0.2) is 4.79 Å². The fraction of sp³-hybridized carbons (Fsp3) is 0.300. The van der Waals surface area contributed by atoms with Gasteiger partial charge >= 0.3 is 12.0 Å². The van der Waals surface area contributed by atoms with Crippen LogP contribution < -0.4 is 10.6 Å². The molecule has 3 aromatic rings. The highest BCUT2D eigenvalue weighted by atomic mass is 16.5. The van der Waals surface area contributed by atoms with Crippen molar-refractivity contribution in [3.05, 3.63) is 102 Å². The third kappa shape index (κ3) is 7.67. The lowest BCUT2D eigenvalue weighted by Crippen LogP contribution is -2.43. The van der Waals surface area contributed by atoms with E-state index in [2.05, 4.69) is 34.9 Å². The largest absolute Gasteiger partial charge is 0.455 e. The summed E-state index contributed by atoms with van der Waals surface area (Å²) < 4.78 is 5.29. The van der Waals surface area contributed by atoms with Gasteiger partial charge in [0.2, 0.25) is 0 Å². The number of piperidine rings is 1. The van der Waals surface area contributed by atoms with Crippen LogP contribution in [0, 0.1) is 5.92 Å². The summed E-state index contributed by atoms with van der Waals surface area (Å²) in [5.74, 6) is -0.846. The van der Waals surface area contributed by atoms with Crippen molar-refractivity contribution in [2.45, 2.75) is 25.2 Å². The molecule has 1 saturated heterocycles. The van der Waals surface area contributed by atoms with E-state index in [0.717, 1.165) is 12.1 Å². The van der Waals surface area contributed by atoms with Crippen LogP contribution in [0.3, 0.4) is 0 Å². The van der Waals surface area contributed by atoms with Crippen LogP contribution in [-0.2, 0) is 14.3 Å². The molecule has 0 spiro atoms. The first-order valence-electron chi connectivity index (χ1n) is 12.7. The molecular weight excluding hydrogens is 466 g/mol. The van der Waals surface area contributed by atoms with Crippen molar-refractivity contribution in [3.63, 3.8) is 0 Å². The number of esters is 1. The van der Waals surface area contributed by atoms with E-state index in [1.165, 1.54) is 11.1 Å². The molecule has 3 aromatic carbocycles. The quantitative estimate of drug-likeness (QED) is 0.414. The fourth-order valence-corrected chi connectivity index (χ4v) is 4.60. The van der Waals surface area contributed by atoms with Gasteiger partial charge in [-0.3, -0.25) is 9.59 Å². The van der Waals surface area contributed by atoms with Crippen LogP contribution in [0.2, 0.25) is 0 Å². The lowest BCUT2D eigenvalue weighted by Gasteiger charge is -2.30. The van der Waals surface area contributed by atoms with Crippen molar-refractivity contribution in [2.75, 3.05) is 31.6 Å². The number of carbonyl (C=O) groups is 3. The Hall–Kier alpha value is -4.13. The summed E-state index contributed by atoms with van der Waals surface area (Å²) in [6.07, 6.45) is 1.76. The summed E-state index contributed by atoms with van der Waals surface area (Å²) in [6, 6.07) is 29.5. The molecule has 1 heterocycles. The molecule has 0 bridgehead atoms. The van der Waals surface area contributed by atoms with Crippen molar-refractivity contribution >= 4 is 23.6 Å². The van der Waals surface area contributed by atoms with Gasteiger partial charge < -0.3 is 20.3 Å². The summed E-state index contributed by atoms with van der Waals surface area (Å²) in [5.41, 5.74) is 3.12. The molecule has 0 aromatic heterocycles. The second-order valence-electron chi connectivity index (χ2n) is 9.18. The third-order valence-corrected chi connectivity index (χ3v) is 6.65. The average molecular weight is 500 g/mol. The smallest absolute Gasteiger partial charge is 0.321 e. The molecule has 2 N–H and O–H groups in total. The van der Waals surface area contributed by atoms with Gasteiger partial charge in [-0.2, -0.15) is 0 Å². The first-order valence-corrected chi connectivity index (χ1v) is 12.7. The number of nitrogens with one attached hydrogen (secondary N) is 2. The highest BCUT2D eigenvalue weighted by Gasteiger charge is 2.28. The maximum atomic E-state index is 12.5. The number of amides is 3. The van der Waals surface area contributed by atoms with Crippen molar-refractivity contribution < 1.29 is 19.1 Å². The summed E-state index contributed by atoms with van der Waals surface area (Å²) >= 11 is 0. The molecule has 1 fully saturated rings. The highest BCUT2D eigenvalue weighted by Crippen LogP contribution is 2.27. The van der Waals surface area contributed by atoms with E-state index in [9.17, 15) is 14.4 Å². The zero-order valence-electron chi connectivity index (χ0n) is 20.8. The van der Waals surface area contributed by atoms with Crippen LogP contribution in [0.25, 0.3) is 0 Å². The van der Waals surface area contributed by atoms with Crippen molar-refractivity contribution in [1.29, 1.82) is 0 Å². The van der Waals surface area contributed by atoms with Crippen LogP contribution in [0.5, 0.6) is 0 Å². The summed E-state index contributed by atoms with van der Waals surface area (Å²) in [7, 11) is 0. The Morgan fingerprint density at radius 1 is 0.811 bits per heavy atom. The van der Waals surface area contributed by atoms with Crippen LogP contribution in [0.1, 0.15) is 36.3 Å². The Labute approximate surface area is 217 Å². The standard InChI is InChI=1S/C30H33N3O4/c34-28(31-19-16-27(23-10-4-1-5-11-23)24-12-6-2-7-13-24)22-37-29(35)25-17-20-33(21-18-25)30(36)32-26-14-8-3-9-15-26/h1-15,25,27H,16-22H2,(H,31,34)(H,32,36). The van der Waals surface area contributed by atoms with Gasteiger partial charge in [0.05, 0.1) is 5.92 Å². The van der Waals surface area contributed by atoms with E-state index in [4.69, 9.17) is 4.74 Å². The minimum Gasteiger partial charge on any atom is -0.455 e. The Morgan fingerprint density at radius 3 is 1.92 bits per heavy atom. The zero-order valence-corrected chi connectivity index (χ0v) is 20.8. The van der Waals surface area contributed by atoms with Crippen molar-refractivity contribution in [3.8, 4) is 0 Å². The van der Waals surface area contributed by atoms with Crippen molar-refractivity contribution in [1.82, 2.24) is 10.2 Å². The maximum Gasteiger partial charge on any atom is 0.321 e. The second kappa shape index (κ2) is 13.3. The molecule has 1 aliphatic heterocycles. The topological polar surface area (TPSA) is 87.7 Å². The van der Waals surface area contributed by atoms with Gasteiger partial charge in [-0.1, -0.05) is 78.9 Å². The Bertz CT molecular complexity index is 1110. The van der Waals surface area contributed by atoms with E-state index in [0.29, 0.717) is 32.5 Å². The number of para-hydroxylation sites is 1. The predicted molar refractivity (Wildman–Crippen MR) is 143 cm³/mol. The molecule has 0 unspecified atom stereocenters. The maximum absolute atomic E-state index is 12.5. The minimum atomic E-state index is -0.385. The number of rotatable bonds is 9. The Balaban J connectivity index is 1.17. The van der Waals surface area contributed by atoms with Gasteiger partial charge in [0.1, 0.15) is 0 Å². The molecule has 0 radical (unpaired) electrons. The normalized spacial score (nSPS) is 13.7. The molecule has 3 amide bonds. The molecule has 37 heavy (non-hydrogen) atoms. The van der Waals surface area contributed by atoms with E-state index in [-0.39, 0.29) is 36.4 Å². The number of benzene rings is 3. The minimum absolute atomic E-state index is 0.162. The average Bonchev–Trinajstić information content (AvgIpc) is 2.95. The number of nitrogens with zero attached hydrogens (tertiary/aromatic N) is 1. The van der Waals surface area contributed by atoms with Gasteiger partial charge in [-0.15, -0.1) is 0 Å². The third-order valence-electron chi connectivity index (χ3n) is 6.65. The van der Waals surface area contributed by atoms with Crippen LogP contribution in [-0.4, -0.2) is 49.0 Å². The van der Waals surface area contributed by atoms with Crippen LogP contribution >= 0.6 is 0 Å². The Morgan fingerprint density at radius 2 is 1.35 bits per heavy atom. The van der Waals surface area contributed by atoms with E-state index < -0.39 is 0 Å². The van der Waals surface area contributed by atoms with Crippen LogP contribution in [0.15, 0.2) is 91.0 Å². The number of urea groups is 1. The van der Waals surface area contributed by atoms with Gasteiger partial charge in [0.15, 0.2) is 6.61 Å². The number of hydrogen-bond donors (Lipinski definition) is 2. The van der Waals surface area contributed by atoms with E-state index in [1.54, 1.807) is 4.90 Å². The van der Waals surface area contributed by atoms with E-state index in [1.807, 2.05) is 66.7 Å². The van der Waals surface area contributed by atoms with E-state index >= 15 is 0 Å². The molecule has 7 nitrogen and oxygen atoms in total. The number of ether oxygens (including phenoxy) is 1. The lowest BCUT2D eigenvalue weighted by atomic mass is 9.88. The Kier molecular flexibility index (Phi) is 9.29. The lowest BCUT2D eigenvalue weighted by molar-refractivity contribution is -0.153. The number of carbonyl (C=O) groups excluding carboxylic acids is 3. The molecule has 192 valence electrons. The zero-order chi connectivity index (χ0) is 25.9. The molecule has 1 aliphatic rings. The first kappa shape index (κ1) is 25.9. The van der Waals surface area contributed by atoms with Gasteiger partial charge in [-0.05, 0) is 42.5 Å². The molecule has 0 atom stereocenters. The predicted octanol–water partition coefficient (Wildman–Crippen LogP) is 4.81. The molecule has 4 rings (SSSR count). The number of hydrogen-bond acceptors (Lipinski definition) is 4. The summed E-state index contributed by atoms with van der Waals surface area (Å²) in [6.45, 7) is 1.10. The summed E-state index contributed by atoms with van der Waals surface area (Å²) in [4.78, 5) is 39.0. The molecular formula is C30H33N3O4. The monoisotopic (exact) mass is 499 g/mol. The van der Waals surface area contributed by atoms with Gasteiger partial charge in [0.25, 0.3) is 5.91 Å². The van der Waals surface area contributed by atoms with Gasteiger partial charge in [0, 0.05) is 31.2 Å². The second-order valence-corrected chi connectivity index (χ2v) is 9.18. The highest BCUT2D eigenvalue weighted by molar-refractivity contribution is 5.89. The SMILES string of the molecule is O=C(COC(=O)C1CCN(C(=O)Nc2ccccc2)CC1)NCCC(c1ccccc1)c1ccccc1. The van der Waals surface area contributed by atoms with Crippen LogP contribution in [0.4, 0.5) is 10.5 Å². The molecule has 7 heteroatoms.